The molecule has 0 heterocycles. The van der Waals surface area contributed by atoms with Crippen LogP contribution in [0.2, 0.25) is 0 Å². The third-order valence-corrected chi connectivity index (χ3v) is 3.64. The highest BCUT2D eigenvalue weighted by Crippen LogP contribution is 2.34. The Morgan fingerprint density at radius 1 is 1.05 bits per heavy atom. The van der Waals surface area contributed by atoms with Crippen molar-refractivity contribution < 1.29 is 9.47 Å². The van der Waals surface area contributed by atoms with Crippen LogP contribution in [0.15, 0.2) is 16.6 Å². The van der Waals surface area contributed by atoms with Crippen molar-refractivity contribution in [3.05, 3.63) is 22.2 Å². The molecule has 1 aromatic rings. The maximum Gasteiger partial charge on any atom is 0.162 e. The Bertz CT molecular complexity index is 396. The Labute approximate surface area is 131 Å². The largest absolute Gasteiger partial charge is 0.490 e. The fraction of sp³-hybridized carbons (Fsp3) is 0.625. The molecular weight excluding hydrogens is 318 g/mol. The average Bonchev–Trinajstić information content (AvgIpc) is 2.45. The molecule has 1 aromatic carbocycles. The van der Waals surface area contributed by atoms with E-state index in [1.165, 1.54) is 18.4 Å². The molecule has 114 valence electrons. The average molecular weight is 344 g/mol. The smallest absolute Gasteiger partial charge is 0.162 e. The summed E-state index contributed by atoms with van der Waals surface area (Å²) in [6.07, 6.45) is 3.40. The van der Waals surface area contributed by atoms with Crippen LogP contribution in [-0.2, 0) is 6.54 Å². The summed E-state index contributed by atoms with van der Waals surface area (Å²) in [5.41, 5.74) is 1.20. The van der Waals surface area contributed by atoms with Crippen molar-refractivity contribution in [3.8, 4) is 11.5 Å². The molecule has 0 fully saturated rings. The lowest BCUT2D eigenvalue weighted by Gasteiger charge is -2.15. The van der Waals surface area contributed by atoms with Crippen LogP contribution in [0.1, 0.15) is 45.6 Å². The Balaban J connectivity index is 2.77. The minimum absolute atomic E-state index is 0.646. The first kappa shape index (κ1) is 17.3. The number of unbranched alkanes of at least 4 members (excludes halogenated alkanes) is 1. The maximum absolute atomic E-state index is 5.74. The molecule has 1 N–H and O–H groups in total. The lowest BCUT2D eigenvalue weighted by molar-refractivity contribution is 0.276. The Morgan fingerprint density at radius 2 is 1.80 bits per heavy atom. The van der Waals surface area contributed by atoms with Gasteiger partial charge in [-0.2, -0.15) is 0 Å². The van der Waals surface area contributed by atoms with Crippen LogP contribution in [0.3, 0.4) is 0 Å². The summed E-state index contributed by atoms with van der Waals surface area (Å²) in [5, 5.41) is 3.45. The van der Waals surface area contributed by atoms with Crippen molar-refractivity contribution in [1.82, 2.24) is 5.32 Å². The van der Waals surface area contributed by atoms with Crippen LogP contribution in [-0.4, -0.2) is 19.8 Å². The number of ether oxygens (including phenoxy) is 2. The van der Waals surface area contributed by atoms with Gasteiger partial charge in [0.05, 0.1) is 13.2 Å². The topological polar surface area (TPSA) is 30.5 Å². The van der Waals surface area contributed by atoms with Gasteiger partial charge in [-0.15, -0.1) is 0 Å². The van der Waals surface area contributed by atoms with E-state index in [9.17, 15) is 0 Å². The van der Waals surface area contributed by atoms with Gasteiger partial charge in [0.15, 0.2) is 11.5 Å². The molecular formula is C16H26BrNO2. The highest BCUT2D eigenvalue weighted by atomic mass is 79.9. The molecule has 0 saturated heterocycles. The second-order valence-electron chi connectivity index (χ2n) is 4.70. The predicted molar refractivity (Wildman–Crippen MR) is 87.7 cm³/mol. The number of benzene rings is 1. The highest BCUT2D eigenvalue weighted by Gasteiger charge is 2.10. The zero-order valence-corrected chi connectivity index (χ0v) is 14.4. The van der Waals surface area contributed by atoms with Crippen molar-refractivity contribution in [3.63, 3.8) is 0 Å². The van der Waals surface area contributed by atoms with Gasteiger partial charge in [-0.25, -0.2) is 0 Å². The monoisotopic (exact) mass is 343 g/mol. The molecule has 0 radical (unpaired) electrons. The summed E-state index contributed by atoms with van der Waals surface area (Å²) < 4.78 is 12.5. The van der Waals surface area contributed by atoms with Gasteiger partial charge in [0.25, 0.3) is 0 Å². The van der Waals surface area contributed by atoms with E-state index < -0.39 is 0 Å². The molecule has 0 unspecified atom stereocenters. The van der Waals surface area contributed by atoms with Crippen LogP contribution in [0.25, 0.3) is 0 Å². The van der Waals surface area contributed by atoms with E-state index in [0.717, 1.165) is 35.5 Å². The number of hydrogen-bond donors (Lipinski definition) is 1. The fourth-order valence-corrected chi connectivity index (χ4v) is 2.29. The fourth-order valence-electron chi connectivity index (χ4n) is 1.83. The van der Waals surface area contributed by atoms with Crippen LogP contribution in [0, 0.1) is 0 Å². The minimum Gasteiger partial charge on any atom is -0.490 e. The summed E-state index contributed by atoms with van der Waals surface area (Å²) in [4.78, 5) is 0. The normalized spacial score (nSPS) is 10.6. The minimum atomic E-state index is 0.646. The lowest BCUT2D eigenvalue weighted by atomic mass is 10.2. The Hall–Kier alpha value is -0.740. The molecule has 3 nitrogen and oxygen atoms in total. The molecule has 0 aliphatic heterocycles. The van der Waals surface area contributed by atoms with Crippen LogP contribution < -0.4 is 14.8 Å². The number of hydrogen-bond acceptors (Lipinski definition) is 3. The first-order chi connectivity index (χ1) is 9.72. The molecule has 0 amide bonds. The molecule has 1 rings (SSSR count). The molecule has 0 aromatic heterocycles. The van der Waals surface area contributed by atoms with E-state index in [1.54, 1.807) is 0 Å². The zero-order chi connectivity index (χ0) is 14.8. The molecule has 0 atom stereocenters. The summed E-state index contributed by atoms with van der Waals surface area (Å²) in [7, 11) is 0. The SMILES string of the molecule is CCCCNCc1cc(OCC)c(OCCC)cc1Br. The van der Waals surface area contributed by atoms with Gasteiger partial charge >= 0.3 is 0 Å². The van der Waals surface area contributed by atoms with Crippen LogP contribution >= 0.6 is 15.9 Å². The van der Waals surface area contributed by atoms with Crippen molar-refractivity contribution in [2.24, 2.45) is 0 Å². The van der Waals surface area contributed by atoms with Gasteiger partial charge in [0.2, 0.25) is 0 Å². The Kier molecular flexibility index (Phi) is 8.70. The van der Waals surface area contributed by atoms with Gasteiger partial charge in [0.1, 0.15) is 0 Å². The van der Waals surface area contributed by atoms with Gasteiger partial charge in [0, 0.05) is 11.0 Å². The molecule has 20 heavy (non-hydrogen) atoms. The van der Waals surface area contributed by atoms with Crippen LogP contribution in [0.5, 0.6) is 11.5 Å². The number of rotatable bonds is 10. The predicted octanol–water partition coefficient (Wildman–Crippen LogP) is 4.53. The highest BCUT2D eigenvalue weighted by molar-refractivity contribution is 9.10. The summed E-state index contributed by atoms with van der Waals surface area (Å²) in [6.45, 7) is 9.53. The third-order valence-electron chi connectivity index (χ3n) is 2.90. The van der Waals surface area contributed by atoms with Crippen molar-refractivity contribution >= 4 is 15.9 Å². The van der Waals surface area contributed by atoms with Crippen molar-refractivity contribution in [1.29, 1.82) is 0 Å². The maximum atomic E-state index is 5.74. The number of halogens is 1. The second kappa shape index (κ2) is 10.1. The van der Waals surface area contributed by atoms with Crippen molar-refractivity contribution in [2.45, 2.75) is 46.6 Å². The van der Waals surface area contributed by atoms with E-state index in [4.69, 9.17) is 9.47 Å². The van der Waals surface area contributed by atoms with Gasteiger partial charge in [-0.3, -0.25) is 0 Å². The van der Waals surface area contributed by atoms with Crippen LogP contribution in [0.4, 0.5) is 0 Å². The molecule has 0 bridgehead atoms. The molecule has 0 aliphatic rings. The molecule has 0 spiro atoms. The Morgan fingerprint density at radius 3 is 2.45 bits per heavy atom. The second-order valence-corrected chi connectivity index (χ2v) is 5.56. The first-order valence-corrected chi connectivity index (χ1v) is 8.30. The lowest BCUT2D eigenvalue weighted by Crippen LogP contribution is -2.15. The first-order valence-electron chi connectivity index (χ1n) is 7.51. The third kappa shape index (κ3) is 5.71. The van der Waals surface area contributed by atoms with Gasteiger partial charge in [-0.1, -0.05) is 36.2 Å². The van der Waals surface area contributed by atoms with E-state index in [-0.39, 0.29) is 0 Å². The number of nitrogens with one attached hydrogen (secondary N) is 1. The van der Waals surface area contributed by atoms with E-state index >= 15 is 0 Å². The summed E-state index contributed by atoms with van der Waals surface area (Å²) in [6, 6.07) is 4.08. The van der Waals surface area contributed by atoms with Gasteiger partial charge < -0.3 is 14.8 Å². The van der Waals surface area contributed by atoms with E-state index in [1.807, 2.05) is 13.0 Å². The molecule has 0 aliphatic carbocycles. The summed E-state index contributed by atoms with van der Waals surface area (Å²) in [5.74, 6) is 1.65. The molecule has 4 heteroatoms. The quantitative estimate of drug-likeness (QED) is 0.633. The molecule has 0 saturated carbocycles. The zero-order valence-electron chi connectivity index (χ0n) is 12.8. The van der Waals surface area contributed by atoms with E-state index in [0.29, 0.717) is 13.2 Å². The standard InChI is InChI=1S/C16H26BrNO2/c1-4-7-8-18-12-13-10-15(19-6-3)16(11-14(13)17)20-9-5-2/h10-11,18H,4-9,12H2,1-3H3. The van der Waals surface area contributed by atoms with Crippen molar-refractivity contribution in [2.75, 3.05) is 19.8 Å². The van der Waals surface area contributed by atoms with E-state index in [2.05, 4.69) is 41.2 Å². The van der Waals surface area contributed by atoms with Gasteiger partial charge in [-0.05, 0) is 44.0 Å². The summed E-state index contributed by atoms with van der Waals surface area (Å²) >= 11 is 3.62.